The first-order chi connectivity index (χ1) is 10.9. The fraction of sp³-hybridized carbons (Fsp3) is 0.375. The van der Waals surface area contributed by atoms with E-state index < -0.39 is 29.5 Å². The number of nitrogens with zero attached hydrogens (tertiary/aromatic N) is 1. The highest BCUT2D eigenvalue weighted by Crippen LogP contribution is 2.40. The number of alkyl halides is 3. The van der Waals surface area contributed by atoms with E-state index in [1.165, 1.54) is 4.31 Å². The third-order valence-electron chi connectivity index (χ3n) is 3.73. The van der Waals surface area contributed by atoms with Crippen molar-refractivity contribution in [3.8, 4) is 0 Å². The van der Waals surface area contributed by atoms with Crippen molar-refractivity contribution < 1.29 is 17.7 Å². The second kappa shape index (κ2) is 8.28. The van der Waals surface area contributed by atoms with E-state index in [-0.39, 0.29) is 13.0 Å². The van der Waals surface area contributed by atoms with E-state index in [0.29, 0.717) is 11.3 Å². The minimum Gasteiger partial charge on any atom is -0.593 e. The van der Waals surface area contributed by atoms with Crippen molar-refractivity contribution in [1.29, 1.82) is 0 Å². The molecule has 1 aliphatic heterocycles. The summed E-state index contributed by atoms with van der Waals surface area (Å²) in [5, 5.41) is 1.55. The average Bonchev–Trinajstić information content (AvgIpc) is 2.96. The number of rotatable bonds is 5. The van der Waals surface area contributed by atoms with E-state index in [1.807, 2.05) is 0 Å². The molecule has 0 bridgehead atoms. The van der Waals surface area contributed by atoms with Crippen molar-refractivity contribution in [2.75, 3.05) is 6.54 Å². The Morgan fingerprint density at radius 1 is 1.26 bits per heavy atom. The molecule has 126 valence electrons. The molecule has 0 saturated carbocycles. The van der Waals surface area contributed by atoms with Crippen molar-refractivity contribution in [3.05, 3.63) is 54.0 Å². The molecule has 3 atom stereocenters. The molecule has 2 rings (SSSR count). The van der Waals surface area contributed by atoms with Crippen LogP contribution in [0.4, 0.5) is 13.2 Å². The first-order valence-electron chi connectivity index (χ1n) is 7.19. The molecule has 23 heavy (non-hydrogen) atoms. The van der Waals surface area contributed by atoms with Gasteiger partial charge in [-0.25, -0.2) is 0 Å². The van der Waals surface area contributed by atoms with Gasteiger partial charge in [0.1, 0.15) is 0 Å². The number of hydrogen-bond acceptors (Lipinski definition) is 3. The molecule has 1 aliphatic rings. The highest BCUT2D eigenvalue weighted by molar-refractivity contribution is 7.89. The predicted molar refractivity (Wildman–Crippen MR) is 89.4 cm³/mol. The van der Waals surface area contributed by atoms with Gasteiger partial charge in [0, 0.05) is 0 Å². The lowest BCUT2D eigenvalue weighted by Crippen LogP contribution is -2.36. The number of halogens is 3. The molecule has 1 aromatic rings. The van der Waals surface area contributed by atoms with Gasteiger partial charge in [0.2, 0.25) is 0 Å². The molecule has 0 aromatic heterocycles. The second-order valence-electron chi connectivity index (χ2n) is 5.30. The van der Waals surface area contributed by atoms with Gasteiger partial charge in [-0.3, -0.25) is 0 Å². The quantitative estimate of drug-likeness (QED) is 0.479. The third-order valence-corrected chi connectivity index (χ3v) is 5.45. The third kappa shape index (κ3) is 5.04. The largest absolute Gasteiger partial charge is 0.593 e. The summed E-state index contributed by atoms with van der Waals surface area (Å²) in [7, 11) is 0. The Labute approximate surface area is 142 Å². The van der Waals surface area contributed by atoms with E-state index in [1.54, 1.807) is 54.0 Å². The van der Waals surface area contributed by atoms with Crippen molar-refractivity contribution in [2.45, 2.75) is 30.0 Å². The Morgan fingerprint density at radius 3 is 2.57 bits per heavy atom. The Morgan fingerprint density at radius 2 is 1.96 bits per heavy atom. The van der Waals surface area contributed by atoms with E-state index >= 15 is 0 Å². The topological polar surface area (TPSA) is 26.3 Å². The zero-order valence-corrected chi connectivity index (χ0v) is 14.0. The summed E-state index contributed by atoms with van der Waals surface area (Å²) in [6.07, 6.45) is 1.34. The Hall–Kier alpha value is -0.890. The van der Waals surface area contributed by atoms with Crippen LogP contribution in [0.15, 0.2) is 58.9 Å². The maximum Gasteiger partial charge on any atom is 0.393 e. The summed E-state index contributed by atoms with van der Waals surface area (Å²) < 4.78 is 53.3. The van der Waals surface area contributed by atoms with Crippen LogP contribution in [0.1, 0.15) is 12.8 Å². The van der Waals surface area contributed by atoms with Crippen LogP contribution < -0.4 is 0 Å². The van der Waals surface area contributed by atoms with E-state index in [9.17, 15) is 17.7 Å². The molecule has 1 fully saturated rings. The van der Waals surface area contributed by atoms with Gasteiger partial charge in [0.05, 0.1) is 29.9 Å². The molecule has 0 amide bonds. The summed E-state index contributed by atoms with van der Waals surface area (Å²) in [4.78, 5) is 0.527. The lowest BCUT2D eigenvalue weighted by atomic mass is 10.0. The molecular formula is C16H18F3NOS2. The summed E-state index contributed by atoms with van der Waals surface area (Å²) in [6.45, 7) is -0.230. The molecule has 1 saturated heterocycles. The van der Waals surface area contributed by atoms with Crippen molar-refractivity contribution >= 4 is 24.0 Å². The molecule has 1 aromatic carbocycles. The minimum absolute atomic E-state index is 0.0308. The molecule has 0 radical (unpaired) electrons. The number of thiol groups is 1. The van der Waals surface area contributed by atoms with Gasteiger partial charge in [0.25, 0.3) is 0 Å². The molecule has 2 nitrogen and oxygen atoms in total. The van der Waals surface area contributed by atoms with Crippen LogP contribution in [0.25, 0.3) is 0 Å². The number of hydrogen-bond donors (Lipinski definition) is 1. The van der Waals surface area contributed by atoms with Gasteiger partial charge < -0.3 is 4.55 Å². The van der Waals surface area contributed by atoms with Crippen LogP contribution in [-0.2, 0) is 11.4 Å². The fourth-order valence-corrected chi connectivity index (χ4v) is 4.10. The maximum atomic E-state index is 13.1. The van der Waals surface area contributed by atoms with Gasteiger partial charge >= 0.3 is 6.18 Å². The van der Waals surface area contributed by atoms with Crippen LogP contribution in [0.3, 0.4) is 0 Å². The standard InChI is InChI=1S/C16H18F3NOS2/c17-16(18,19)13-11-14(7-3-2-6-10-22)20(12-13)23(21)15-8-4-1-5-9-15/h1-6,8-10,13-14,22H,7,11-12H2/b3-2-,10-6-. The van der Waals surface area contributed by atoms with Gasteiger partial charge in [-0.05, 0) is 30.4 Å². The molecule has 0 spiro atoms. The molecule has 1 heterocycles. The van der Waals surface area contributed by atoms with Gasteiger partial charge in [-0.1, -0.05) is 36.4 Å². The van der Waals surface area contributed by atoms with Crippen LogP contribution in [0.2, 0.25) is 0 Å². The minimum atomic E-state index is -4.26. The zero-order valence-electron chi connectivity index (χ0n) is 12.3. The van der Waals surface area contributed by atoms with Crippen LogP contribution in [-0.4, -0.2) is 27.6 Å². The Balaban J connectivity index is 2.15. The smallest absolute Gasteiger partial charge is 0.393 e. The highest BCUT2D eigenvalue weighted by Gasteiger charge is 2.51. The maximum absolute atomic E-state index is 13.1. The SMILES string of the molecule is [O-][S+](c1ccccc1)N1CC(C(F)(F)F)CC1C/C=C\C=C/S. The van der Waals surface area contributed by atoms with Gasteiger partial charge in [-0.2, -0.15) is 25.8 Å². The summed E-state index contributed by atoms with van der Waals surface area (Å²) in [5.74, 6) is -1.44. The zero-order chi connectivity index (χ0) is 16.9. The summed E-state index contributed by atoms with van der Waals surface area (Å²) >= 11 is 2.33. The molecular weight excluding hydrogens is 343 g/mol. The fourth-order valence-electron chi connectivity index (χ4n) is 2.58. The molecule has 3 unspecified atom stereocenters. The summed E-state index contributed by atoms with van der Waals surface area (Å²) in [5.41, 5.74) is 0. The average molecular weight is 361 g/mol. The first kappa shape index (κ1) is 18.4. The van der Waals surface area contributed by atoms with E-state index in [4.69, 9.17) is 0 Å². The van der Waals surface area contributed by atoms with Crippen molar-refractivity contribution in [3.63, 3.8) is 0 Å². The monoisotopic (exact) mass is 361 g/mol. The van der Waals surface area contributed by atoms with E-state index in [2.05, 4.69) is 12.6 Å². The van der Waals surface area contributed by atoms with Crippen LogP contribution in [0.5, 0.6) is 0 Å². The predicted octanol–water partition coefficient (Wildman–Crippen LogP) is 4.35. The van der Waals surface area contributed by atoms with Crippen molar-refractivity contribution in [1.82, 2.24) is 4.31 Å². The van der Waals surface area contributed by atoms with Crippen LogP contribution >= 0.6 is 12.6 Å². The van der Waals surface area contributed by atoms with Gasteiger partial charge in [-0.15, -0.1) is 4.31 Å². The first-order valence-corrected chi connectivity index (χ1v) is 8.82. The number of allylic oxidation sites excluding steroid dienone is 2. The van der Waals surface area contributed by atoms with Crippen LogP contribution in [0, 0.1) is 5.92 Å². The lowest BCUT2D eigenvalue weighted by molar-refractivity contribution is -0.169. The van der Waals surface area contributed by atoms with E-state index in [0.717, 1.165) is 0 Å². The Bertz CT molecular complexity index is 548. The number of benzene rings is 1. The highest BCUT2D eigenvalue weighted by atomic mass is 32.2. The summed E-state index contributed by atoms with van der Waals surface area (Å²) in [6, 6.07) is 8.20. The molecule has 0 N–H and O–H groups in total. The Kier molecular flexibility index (Phi) is 6.64. The lowest BCUT2D eigenvalue weighted by Gasteiger charge is -2.24. The molecule has 7 heteroatoms. The van der Waals surface area contributed by atoms with Crippen molar-refractivity contribution in [2.24, 2.45) is 5.92 Å². The second-order valence-corrected chi connectivity index (χ2v) is 7.03. The molecule has 0 aliphatic carbocycles. The normalized spacial score (nSPS) is 24.7. The van der Waals surface area contributed by atoms with Gasteiger partial charge in [0.15, 0.2) is 4.90 Å².